The third-order valence-corrected chi connectivity index (χ3v) is 14.8. The maximum Gasteiger partial charge on any atom is 0.141 e. The molecule has 2 atom stereocenters. The van der Waals surface area contributed by atoms with Crippen LogP contribution in [0, 0.1) is 27.7 Å². The van der Waals surface area contributed by atoms with Crippen molar-refractivity contribution in [3.8, 4) is 22.3 Å². The van der Waals surface area contributed by atoms with E-state index in [1.54, 1.807) is 22.7 Å². The maximum atomic E-state index is 10.8. The number of aliphatic hydroxyl groups is 2. The van der Waals surface area contributed by atoms with Crippen molar-refractivity contribution >= 4 is 66.5 Å². The van der Waals surface area contributed by atoms with Crippen molar-refractivity contribution in [1.29, 1.82) is 0 Å². The smallest absolute Gasteiger partial charge is 0.141 e. The molecular formula is C58H52N8O4S2. The van der Waals surface area contributed by atoms with Gasteiger partial charge in [0, 0.05) is 56.2 Å². The van der Waals surface area contributed by atoms with Gasteiger partial charge in [-0.05, 0) is 102 Å². The average Bonchev–Trinajstić information content (AvgIpc) is 4.26. The van der Waals surface area contributed by atoms with Crippen molar-refractivity contribution in [1.82, 2.24) is 39.4 Å². The lowest BCUT2D eigenvalue weighted by molar-refractivity contribution is 0.0781. The highest BCUT2D eigenvalue weighted by atomic mass is 32.1. The molecule has 0 bridgehead atoms. The normalized spacial score (nSPS) is 13.0. The van der Waals surface area contributed by atoms with Gasteiger partial charge in [-0.2, -0.15) is 0 Å². The Hall–Kier alpha value is -7.62. The molecule has 12 rings (SSSR count). The van der Waals surface area contributed by atoms with Crippen LogP contribution in [0.2, 0.25) is 0 Å². The third kappa shape index (κ3) is 8.29. The number of fused-ring (bicyclic) bond motifs is 6. The molecule has 0 aliphatic carbocycles. The van der Waals surface area contributed by atoms with Crippen molar-refractivity contribution in [2.24, 2.45) is 0 Å². The van der Waals surface area contributed by atoms with Gasteiger partial charge in [0.1, 0.15) is 23.6 Å². The van der Waals surface area contributed by atoms with Gasteiger partial charge < -0.3 is 28.4 Å². The van der Waals surface area contributed by atoms with Crippen LogP contribution in [0.4, 0.5) is 0 Å². The Morgan fingerprint density at radius 2 is 0.903 bits per heavy atom. The highest BCUT2D eigenvalue weighted by molar-refractivity contribution is 7.07. The molecule has 12 aromatic rings. The molecule has 0 spiro atoms. The Bertz CT molecular complexity index is 3600. The minimum absolute atomic E-state index is 0.170. The van der Waals surface area contributed by atoms with Gasteiger partial charge in [-0.3, -0.25) is 9.97 Å². The number of hydrogen-bond acceptors (Lipinski definition) is 12. The minimum Gasteiger partial charge on any atom is -0.386 e. The summed E-state index contributed by atoms with van der Waals surface area (Å²) in [6.45, 7) is 15.0. The minimum atomic E-state index is -0.979. The van der Waals surface area contributed by atoms with Gasteiger partial charge in [0.2, 0.25) is 0 Å². The van der Waals surface area contributed by atoms with Gasteiger partial charge >= 0.3 is 0 Å². The Kier molecular flexibility index (Phi) is 11.8. The molecule has 0 aliphatic heterocycles. The summed E-state index contributed by atoms with van der Waals surface area (Å²) in [5, 5.41) is 36.2. The second kappa shape index (κ2) is 18.2. The van der Waals surface area contributed by atoms with Gasteiger partial charge in [0.15, 0.2) is 0 Å². The van der Waals surface area contributed by atoms with E-state index in [1.165, 1.54) is 0 Å². The zero-order valence-electron chi connectivity index (χ0n) is 41.1. The first-order valence-corrected chi connectivity index (χ1v) is 25.6. The van der Waals surface area contributed by atoms with Crippen LogP contribution in [0.25, 0.3) is 66.1 Å². The van der Waals surface area contributed by atoms with Crippen LogP contribution in [-0.2, 0) is 11.2 Å². The fourth-order valence-corrected chi connectivity index (χ4v) is 11.2. The number of rotatable bonds is 10. The van der Waals surface area contributed by atoms with Gasteiger partial charge in [-0.1, -0.05) is 95.2 Å². The van der Waals surface area contributed by atoms with E-state index in [2.05, 4.69) is 115 Å². The molecule has 2 N–H and O–H groups in total. The molecule has 360 valence electrons. The molecular weight excluding hydrogens is 937 g/mol. The average molecular weight is 989 g/mol. The first-order valence-electron chi connectivity index (χ1n) is 23.7. The molecule has 0 aliphatic rings. The second-order valence-corrected chi connectivity index (χ2v) is 20.8. The van der Waals surface area contributed by atoms with Crippen molar-refractivity contribution in [3.05, 3.63) is 200 Å². The Morgan fingerprint density at radius 3 is 1.24 bits per heavy atom. The van der Waals surface area contributed by atoms with E-state index < -0.39 is 11.2 Å². The van der Waals surface area contributed by atoms with Gasteiger partial charge in [0.05, 0.1) is 78.1 Å². The number of pyridine rings is 2. The summed E-state index contributed by atoms with van der Waals surface area (Å²) in [7, 11) is 0. The predicted octanol–water partition coefficient (Wildman–Crippen LogP) is 13.6. The number of thiazole rings is 2. The van der Waals surface area contributed by atoms with E-state index in [-0.39, 0.29) is 12.1 Å². The molecule has 8 heterocycles. The van der Waals surface area contributed by atoms with Gasteiger partial charge in [-0.25, -0.2) is 9.97 Å². The molecule has 2 unspecified atom stereocenters. The summed E-state index contributed by atoms with van der Waals surface area (Å²) in [5.41, 5.74) is 18.9. The predicted molar refractivity (Wildman–Crippen MR) is 287 cm³/mol. The van der Waals surface area contributed by atoms with Crippen molar-refractivity contribution in [2.75, 3.05) is 0 Å². The highest BCUT2D eigenvalue weighted by Gasteiger charge is 2.29. The highest BCUT2D eigenvalue weighted by Crippen LogP contribution is 2.42. The van der Waals surface area contributed by atoms with Gasteiger partial charge in [-0.15, -0.1) is 22.7 Å². The van der Waals surface area contributed by atoms with Crippen molar-refractivity contribution in [2.45, 2.75) is 78.7 Å². The Morgan fingerprint density at radius 1 is 0.500 bits per heavy atom. The lowest BCUT2D eigenvalue weighted by Crippen LogP contribution is -2.16. The van der Waals surface area contributed by atoms with Crippen LogP contribution >= 0.6 is 22.7 Å². The van der Waals surface area contributed by atoms with Crippen LogP contribution in [0.1, 0.15) is 96.3 Å². The molecule has 14 heteroatoms. The first-order chi connectivity index (χ1) is 34.7. The quantitative estimate of drug-likeness (QED) is 0.135. The van der Waals surface area contributed by atoms with Crippen LogP contribution in [-0.4, -0.2) is 49.6 Å². The summed E-state index contributed by atoms with van der Waals surface area (Å²) in [6.07, 6.45) is 3.78. The number of nitrogens with zero attached hydrogens (tertiary/aromatic N) is 8. The molecule has 0 saturated carbocycles. The van der Waals surface area contributed by atoms with Crippen LogP contribution in [0.15, 0.2) is 152 Å². The van der Waals surface area contributed by atoms with Crippen LogP contribution in [0.3, 0.4) is 0 Å². The van der Waals surface area contributed by atoms with Crippen molar-refractivity contribution < 1.29 is 19.3 Å². The van der Waals surface area contributed by atoms with E-state index >= 15 is 0 Å². The molecule has 0 saturated heterocycles. The summed E-state index contributed by atoms with van der Waals surface area (Å²) in [6, 6.07) is 37.0. The van der Waals surface area contributed by atoms with Gasteiger partial charge in [0.25, 0.3) is 0 Å². The Labute approximate surface area is 423 Å². The second-order valence-electron chi connectivity index (χ2n) is 19.4. The zero-order chi connectivity index (χ0) is 50.1. The number of hydrogen-bond donors (Lipinski definition) is 2. The van der Waals surface area contributed by atoms with Crippen molar-refractivity contribution in [3.63, 3.8) is 0 Å². The Balaban J connectivity index is 0.000000156. The van der Waals surface area contributed by atoms with Crippen LogP contribution in [0.5, 0.6) is 0 Å². The molecule has 0 fully saturated rings. The molecule has 4 aromatic carbocycles. The van der Waals surface area contributed by atoms with E-state index in [0.717, 1.165) is 123 Å². The van der Waals surface area contributed by atoms with E-state index in [9.17, 15) is 10.2 Å². The van der Waals surface area contributed by atoms with Crippen LogP contribution < -0.4 is 0 Å². The monoisotopic (exact) mass is 988 g/mol. The van der Waals surface area contributed by atoms with E-state index in [1.807, 2.05) is 103 Å². The topological polar surface area (TPSA) is 154 Å². The lowest BCUT2D eigenvalue weighted by atomic mass is 9.97. The molecule has 0 radical (unpaired) electrons. The third-order valence-electron chi connectivity index (χ3n) is 13.5. The molecule has 0 amide bonds. The van der Waals surface area contributed by atoms with E-state index in [0.29, 0.717) is 0 Å². The molecule has 72 heavy (non-hydrogen) atoms. The zero-order valence-corrected chi connectivity index (χ0v) is 42.7. The number of benzene rings is 4. The summed E-state index contributed by atoms with van der Waals surface area (Å²) >= 11 is 3.16. The fraction of sp³-hybridized carbons (Fsp3) is 0.207. The first kappa shape index (κ1) is 46.7. The molecule has 8 aromatic heterocycles. The van der Waals surface area contributed by atoms with E-state index in [4.69, 9.17) is 29.0 Å². The summed E-state index contributed by atoms with van der Waals surface area (Å²) < 4.78 is 15.5. The summed E-state index contributed by atoms with van der Waals surface area (Å²) in [4.78, 5) is 19.4. The number of aryl methyl sites for hydroxylation is 4. The lowest BCUT2D eigenvalue weighted by Gasteiger charge is -2.22. The summed E-state index contributed by atoms with van der Waals surface area (Å²) in [5.74, 6) is 1.53. The number of aromatic nitrogens is 8. The standard InChI is InChI=1S/2C29H26N4O2S/c2*1-17-26(18(2)35-32-17)20-12-25-27(30-14-20)22-11-10-21(29(3,4)34)13-24(22)33(25)28(23-15-36-16-31-23)19-8-6-5-7-9-19/h2*5-16,28,34H,1-4H3. The maximum absolute atomic E-state index is 10.8. The fourth-order valence-electron chi connectivity index (χ4n) is 10.1. The molecule has 12 nitrogen and oxygen atoms in total. The SMILES string of the molecule is Cc1noc(C)c1-c1cnc2c3ccc(C(C)(C)O)cc3n(C(c3ccccc3)c3cscn3)c2c1.Cc1noc(C)c1-c1cnc2c3ccc(C(C)(C)O)cc3n(C(c3ccccc3)c3cscn3)c2c1. The largest absolute Gasteiger partial charge is 0.386 e.